The molecule has 5 nitrogen and oxygen atoms in total. The van der Waals surface area contributed by atoms with Gasteiger partial charge in [-0.1, -0.05) is 36.4 Å². The second kappa shape index (κ2) is 6.59. The smallest absolute Gasteiger partial charge is 0.315 e. The molecular formula is C20H22N4O. The summed E-state index contributed by atoms with van der Waals surface area (Å²) in [5.74, 6) is 0. The maximum atomic E-state index is 12.4. The van der Waals surface area contributed by atoms with E-state index in [4.69, 9.17) is 0 Å². The third-order valence-corrected chi connectivity index (χ3v) is 4.98. The zero-order valence-corrected chi connectivity index (χ0v) is 14.3. The standard InChI is InChI=1S/C20H22N4O/c1-13(15-7-6-14-4-2-3-5-16(14)10-15)22-20(25)23-18-9-8-17-12-21-24-19(17)11-18/h2-7,10,12-13,18H,8-9,11H2,1H3,(H,21,24)(H2,22,23,25)/t13-,18+/m1/s1. The first-order valence-corrected chi connectivity index (χ1v) is 8.76. The Balaban J connectivity index is 1.38. The average Bonchev–Trinajstić information content (AvgIpc) is 3.09. The Morgan fingerprint density at radius 2 is 2.08 bits per heavy atom. The molecule has 1 aliphatic rings. The van der Waals surface area contributed by atoms with Gasteiger partial charge < -0.3 is 10.6 Å². The van der Waals surface area contributed by atoms with Gasteiger partial charge in [0.15, 0.2) is 0 Å². The van der Waals surface area contributed by atoms with Crippen LogP contribution in [0.2, 0.25) is 0 Å². The van der Waals surface area contributed by atoms with Gasteiger partial charge in [0.1, 0.15) is 0 Å². The number of amides is 2. The lowest BCUT2D eigenvalue weighted by atomic mass is 9.94. The van der Waals surface area contributed by atoms with Gasteiger partial charge in [0.2, 0.25) is 0 Å². The summed E-state index contributed by atoms with van der Waals surface area (Å²) in [4.78, 5) is 12.4. The molecular weight excluding hydrogens is 312 g/mol. The van der Waals surface area contributed by atoms with Crippen LogP contribution in [-0.2, 0) is 12.8 Å². The van der Waals surface area contributed by atoms with E-state index in [0.717, 1.165) is 30.5 Å². The number of H-pyrrole nitrogens is 1. The first-order chi connectivity index (χ1) is 12.2. The number of nitrogens with one attached hydrogen (secondary N) is 3. The normalized spacial score (nSPS) is 17.7. The number of carbonyl (C=O) groups is 1. The molecule has 4 rings (SSSR count). The molecule has 1 aliphatic carbocycles. The van der Waals surface area contributed by atoms with E-state index >= 15 is 0 Å². The van der Waals surface area contributed by atoms with Crippen molar-refractivity contribution >= 4 is 16.8 Å². The van der Waals surface area contributed by atoms with Crippen molar-refractivity contribution in [3.8, 4) is 0 Å². The van der Waals surface area contributed by atoms with Gasteiger partial charge in [-0.05, 0) is 47.7 Å². The molecule has 0 spiro atoms. The topological polar surface area (TPSA) is 69.8 Å². The Kier molecular flexibility index (Phi) is 4.14. The van der Waals surface area contributed by atoms with Crippen molar-refractivity contribution in [2.24, 2.45) is 0 Å². The van der Waals surface area contributed by atoms with Crippen LogP contribution in [0.25, 0.3) is 10.8 Å². The van der Waals surface area contributed by atoms with Crippen molar-refractivity contribution in [1.29, 1.82) is 0 Å². The van der Waals surface area contributed by atoms with Gasteiger partial charge in [-0.2, -0.15) is 5.10 Å². The number of hydrogen-bond donors (Lipinski definition) is 3. The summed E-state index contributed by atoms with van der Waals surface area (Å²) in [6, 6.07) is 14.5. The highest BCUT2D eigenvalue weighted by molar-refractivity contribution is 5.83. The van der Waals surface area contributed by atoms with E-state index in [2.05, 4.69) is 51.2 Å². The number of hydrogen-bond acceptors (Lipinski definition) is 2. The molecule has 0 saturated carbocycles. The molecule has 1 heterocycles. The molecule has 0 bridgehead atoms. The van der Waals surface area contributed by atoms with Crippen LogP contribution in [0.15, 0.2) is 48.7 Å². The minimum atomic E-state index is -0.117. The molecule has 2 amide bonds. The number of urea groups is 1. The van der Waals surface area contributed by atoms with E-state index in [9.17, 15) is 4.79 Å². The van der Waals surface area contributed by atoms with Crippen LogP contribution >= 0.6 is 0 Å². The van der Waals surface area contributed by atoms with Gasteiger partial charge in [0.05, 0.1) is 12.2 Å². The monoisotopic (exact) mass is 334 g/mol. The lowest BCUT2D eigenvalue weighted by Crippen LogP contribution is -2.45. The van der Waals surface area contributed by atoms with Crippen molar-refractivity contribution in [2.75, 3.05) is 0 Å². The molecule has 5 heteroatoms. The van der Waals surface area contributed by atoms with Crippen LogP contribution in [-0.4, -0.2) is 22.3 Å². The summed E-state index contributed by atoms with van der Waals surface area (Å²) in [6.45, 7) is 2.01. The van der Waals surface area contributed by atoms with E-state index < -0.39 is 0 Å². The van der Waals surface area contributed by atoms with Gasteiger partial charge in [0.25, 0.3) is 0 Å². The van der Waals surface area contributed by atoms with Crippen LogP contribution in [0.1, 0.15) is 36.2 Å². The molecule has 2 atom stereocenters. The van der Waals surface area contributed by atoms with Crippen molar-refractivity contribution in [1.82, 2.24) is 20.8 Å². The highest BCUT2D eigenvalue weighted by Crippen LogP contribution is 2.21. The molecule has 0 aliphatic heterocycles. The Hall–Kier alpha value is -2.82. The third-order valence-electron chi connectivity index (χ3n) is 4.98. The first-order valence-electron chi connectivity index (χ1n) is 8.76. The van der Waals surface area contributed by atoms with Crippen LogP contribution in [0.5, 0.6) is 0 Å². The zero-order valence-electron chi connectivity index (χ0n) is 14.3. The molecule has 128 valence electrons. The summed E-state index contributed by atoms with van der Waals surface area (Å²) in [6.07, 6.45) is 4.60. The van der Waals surface area contributed by atoms with Gasteiger partial charge in [-0.25, -0.2) is 4.79 Å². The third kappa shape index (κ3) is 3.36. The van der Waals surface area contributed by atoms with Crippen molar-refractivity contribution in [3.63, 3.8) is 0 Å². The first kappa shape index (κ1) is 15.7. The molecule has 0 fully saturated rings. The Bertz CT molecular complexity index is 901. The maximum absolute atomic E-state index is 12.4. The van der Waals surface area contributed by atoms with Gasteiger partial charge in [-0.3, -0.25) is 5.10 Å². The molecule has 25 heavy (non-hydrogen) atoms. The molecule has 2 aromatic carbocycles. The number of carbonyl (C=O) groups excluding carboxylic acids is 1. The highest BCUT2D eigenvalue weighted by atomic mass is 16.2. The van der Waals surface area contributed by atoms with Crippen LogP contribution in [0.3, 0.4) is 0 Å². The summed E-state index contributed by atoms with van der Waals surface area (Å²) in [5.41, 5.74) is 3.51. The largest absolute Gasteiger partial charge is 0.335 e. The van der Waals surface area contributed by atoms with Crippen LogP contribution in [0, 0.1) is 0 Å². The molecule has 0 saturated heterocycles. The number of aromatic amines is 1. The summed E-state index contributed by atoms with van der Waals surface area (Å²) < 4.78 is 0. The minimum Gasteiger partial charge on any atom is -0.335 e. The van der Waals surface area contributed by atoms with E-state index in [0.29, 0.717) is 0 Å². The summed E-state index contributed by atoms with van der Waals surface area (Å²) >= 11 is 0. The summed E-state index contributed by atoms with van der Waals surface area (Å²) in [5, 5.41) is 15.6. The van der Waals surface area contributed by atoms with Crippen LogP contribution in [0.4, 0.5) is 4.79 Å². The number of aromatic nitrogens is 2. The molecule has 3 aromatic rings. The molecule has 0 unspecified atom stereocenters. The number of fused-ring (bicyclic) bond motifs is 2. The molecule has 1 aromatic heterocycles. The number of aryl methyl sites for hydroxylation is 1. The second-order valence-electron chi connectivity index (χ2n) is 6.76. The molecule has 3 N–H and O–H groups in total. The SMILES string of the molecule is C[C@@H](NC(=O)N[C@H]1CCc2cn[nH]c2C1)c1ccc2ccccc2c1. The predicted molar refractivity (Wildman–Crippen MR) is 98.4 cm³/mol. The Labute approximate surface area is 146 Å². The minimum absolute atomic E-state index is 0.0455. The second-order valence-corrected chi connectivity index (χ2v) is 6.76. The number of rotatable bonds is 3. The van der Waals surface area contributed by atoms with Gasteiger partial charge in [0, 0.05) is 18.2 Å². The fraction of sp³-hybridized carbons (Fsp3) is 0.300. The van der Waals surface area contributed by atoms with E-state index in [1.807, 2.05) is 25.3 Å². The van der Waals surface area contributed by atoms with Gasteiger partial charge >= 0.3 is 6.03 Å². The lowest BCUT2D eigenvalue weighted by Gasteiger charge is -2.24. The lowest BCUT2D eigenvalue weighted by molar-refractivity contribution is 0.232. The highest BCUT2D eigenvalue weighted by Gasteiger charge is 2.22. The van der Waals surface area contributed by atoms with Crippen molar-refractivity contribution < 1.29 is 4.79 Å². The Morgan fingerprint density at radius 3 is 2.96 bits per heavy atom. The van der Waals surface area contributed by atoms with E-state index in [1.165, 1.54) is 16.3 Å². The Morgan fingerprint density at radius 1 is 1.24 bits per heavy atom. The fourth-order valence-corrected chi connectivity index (χ4v) is 3.52. The zero-order chi connectivity index (χ0) is 17.2. The quantitative estimate of drug-likeness (QED) is 0.686. The van der Waals surface area contributed by atoms with E-state index in [1.54, 1.807) is 0 Å². The van der Waals surface area contributed by atoms with Crippen LogP contribution < -0.4 is 10.6 Å². The summed E-state index contributed by atoms with van der Waals surface area (Å²) in [7, 11) is 0. The molecule has 0 radical (unpaired) electrons. The van der Waals surface area contributed by atoms with Crippen molar-refractivity contribution in [3.05, 3.63) is 65.5 Å². The van der Waals surface area contributed by atoms with Crippen molar-refractivity contribution in [2.45, 2.75) is 38.3 Å². The maximum Gasteiger partial charge on any atom is 0.315 e. The number of nitrogens with zero attached hydrogens (tertiary/aromatic N) is 1. The van der Waals surface area contributed by atoms with Gasteiger partial charge in [-0.15, -0.1) is 0 Å². The van der Waals surface area contributed by atoms with E-state index in [-0.39, 0.29) is 18.1 Å². The average molecular weight is 334 g/mol. The number of benzene rings is 2. The fourth-order valence-electron chi connectivity index (χ4n) is 3.52. The predicted octanol–water partition coefficient (Wildman–Crippen LogP) is 3.48.